The number of hydrogen-bond donors (Lipinski definition) is 1. The van der Waals surface area contributed by atoms with E-state index in [2.05, 4.69) is 15.5 Å². The molecule has 1 N–H and O–H groups in total. The Labute approximate surface area is 167 Å². The lowest BCUT2D eigenvalue weighted by molar-refractivity contribution is -0.119. The summed E-state index contributed by atoms with van der Waals surface area (Å²) >= 11 is 1.31. The molecule has 1 aromatic carbocycles. The van der Waals surface area contributed by atoms with E-state index in [0.717, 1.165) is 5.56 Å². The van der Waals surface area contributed by atoms with Crippen molar-refractivity contribution in [2.24, 2.45) is 7.05 Å². The van der Waals surface area contributed by atoms with Gasteiger partial charge in [-0.3, -0.25) is 4.79 Å². The number of carbonyl (C=O) groups excluding carboxylic acids is 1. The predicted octanol–water partition coefficient (Wildman–Crippen LogP) is 3.06. The third-order valence-electron chi connectivity index (χ3n) is 4.19. The van der Waals surface area contributed by atoms with Crippen LogP contribution in [0.3, 0.4) is 0 Å². The largest absolute Gasteiger partial charge is 0.497 e. The fraction of sp³-hybridized carbons (Fsp3) is 0.316. The molecule has 0 aliphatic heterocycles. The van der Waals surface area contributed by atoms with E-state index in [1.807, 2.05) is 38.2 Å². The first-order valence-corrected chi connectivity index (χ1v) is 9.59. The number of rotatable bonds is 8. The lowest BCUT2D eigenvalue weighted by Gasteiger charge is -2.18. The van der Waals surface area contributed by atoms with Gasteiger partial charge in [0.25, 0.3) is 0 Å². The molecule has 0 aliphatic carbocycles. The van der Waals surface area contributed by atoms with Crippen molar-refractivity contribution >= 4 is 17.7 Å². The van der Waals surface area contributed by atoms with Gasteiger partial charge in [0.05, 0.1) is 32.3 Å². The molecule has 1 atom stereocenters. The molecule has 0 saturated carbocycles. The molecule has 0 radical (unpaired) electrons. The number of nitrogens with zero attached hydrogens (tertiary/aromatic N) is 3. The summed E-state index contributed by atoms with van der Waals surface area (Å²) in [6, 6.07) is 8.86. The number of methoxy groups -OCH3 is 2. The fourth-order valence-corrected chi connectivity index (χ4v) is 3.45. The maximum atomic E-state index is 12.4. The van der Waals surface area contributed by atoms with Gasteiger partial charge in [-0.25, -0.2) is 0 Å². The Morgan fingerprint density at radius 3 is 2.79 bits per heavy atom. The maximum Gasteiger partial charge on any atom is 0.230 e. The molecule has 28 heavy (non-hydrogen) atoms. The summed E-state index contributed by atoms with van der Waals surface area (Å²) in [6.07, 6.45) is 1.58. The van der Waals surface area contributed by atoms with Crippen molar-refractivity contribution in [2.75, 3.05) is 20.0 Å². The highest BCUT2D eigenvalue weighted by Gasteiger charge is 2.18. The van der Waals surface area contributed by atoms with Crippen LogP contribution < -0.4 is 14.8 Å². The molecule has 0 unspecified atom stereocenters. The van der Waals surface area contributed by atoms with E-state index in [1.54, 1.807) is 31.1 Å². The molecule has 2 aromatic heterocycles. The molecular formula is C19H22N4O4S. The highest BCUT2D eigenvalue weighted by atomic mass is 32.2. The normalized spacial score (nSPS) is 11.9. The summed E-state index contributed by atoms with van der Waals surface area (Å²) in [6.45, 7) is 1.90. The number of thioether (sulfide) groups is 1. The summed E-state index contributed by atoms with van der Waals surface area (Å²) in [4.78, 5) is 12.4. The molecule has 0 bridgehead atoms. The Morgan fingerprint density at radius 2 is 2.11 bits per heavy atom. The van der Waals surface area contributed by atoms with E-state index in [0.29, 0.717) is 28.2 Å². The summed E-state index contributed by atoms with van der Waals surface area (Å²) < 4.78 is 17.8. The molecule has 1 amide bonds. The zero-order valence-corrected chi connectivity index (χ0v) is 16.9. The van der Waals surface area contributed by atoms with Gasteiger partial charge < -0.3 is 23.8 Å². The molecule has 9 heteroatoms. The highest BCUT2D eigenvalue weighted by molar-refractivity contribution is 7.99. The standard InChI is InChI=1S/C19H22N4O4S/c1-12(14-10-13(25-3)7-8-15(14)26-4)20-17(24)11-28-19-22-21-18(23(19)2)16-6-5-9-27-16/h5-10,12H,11H2,1-4H3,(H,20,24)/t12-/m1/s1. The van der Waals surface area contributed by atoms with Gasteiger partial charge in [0.15, 0.2) is 16.7 Å². The minimum absolute atomic E-state index is 0.120. The summed E-state index contributed by atoms with van der Waals surface area (Å²) in [5.41, 5.74) is 0.846. The Morgan fingerprint density at radius 1 is 1.29 bits per heavy atom. The number of aromatic nitrogens is 3. The summed E-state index contributed by atoms with van der Waals surface area (Å²) in [7, 11) is 5.03. The van der Waals surface area contributed by atoms with Crippen LogP contribution in [0.2, 0.25) is 0 Å². The topological polar surface area (TPSA) is 91.4 Å². The van der Waals surface area contributed by atoms with Gasteiger partial charge in [-0.15, -0.1) is 10.2 Å². The molecule has 8 nitrogen and oxygen atoms in total. The Kier molecular flexibility index (Phi) is 6.25. The van der Waals surface area contributed by atoms with Gasteiger partial charge in [-0.2, -0.15) is 0 Å². The summed E-state index contributed by atoms with van der Waals surface area (Å²) in [5, 5.41) is 11.9. The number of hydrogen-bond acceptors (Lipinski definition) is 7. The second kappa shape index (κ2) is 8.83. The minimum atomic E-state index is -0.240. The number of carbonyl (C=O) groups is 1. The zero-order chi connectivity index (χ0) is 20.1. The quantitative estimate of drug-likeness (QED) is 0.579. The van der Waals surface area contributed by atoms with Crippen molar-refractivity contribution in [1.82, 2.24) is 20.1 Å². The third kappa shape index (κ3) is 4.30. The van der Waals surface area contributed by atoms with Gasteiger partial charge in [-0.1, -0.05) is 11.8 Å². The molecule has 0 aliphatic rings. The van der Waals surface area contributed by atoms with Gasteiger partial charge in [0.1, 0.15) is 11.5 Å². The van der Waals surface area contributed by atoms with Crippen LogP contribution in [-0.4, -0.2) is 40.6 Å². The monoisotopic (exact) mass is 402 g/mol. The average molecular weight is 402 g/mol. The van der Waals surface area contributed by atoms with Crippen LogP contribution in [0.15, 0.2) is 46.2 Å². The molecule has 0 spiro atoms. The number of amides is 1. The number of benzene rings is 1. The van der Waals surface area contributed by atoms with Gasteiger partial charge in [0, 0.05) is 12.6 Å². The zero-order valence-electron chi connectivity index (χ0n) is 16.1. The average Bonchev–Trinajstić information content (AvgIpc) is 3.35. The van der Waals surface area contributed by atoms with Gasteiger partial charge in [0.2, 0.25) is 5.91 Å². The smallest absolute Gasteiger partial charge is 0.230 e. The van der Waals surface area contributed by atoms with Crippen molar-refractivity contribution in [2.45, 2.75) is 18.1 Å². The fourth-order valence-electron chi connectivity index (χ4n) is 2.73. The number of ether oxygens (including phenoxy) is 2. The van der Waals surface area contributed by atoms with Crippen LogP contribution in [0.5, 0.6) is 11.5 Å². The Bertz CT molecular complexity index is 940. The van der Waals surface area contributed by atoms with Crippen molar-refractivity contribution in [3.8, 4) is 23.1 Å². The van der Waals surface area contributed by atoms with Crippen molar-refractivity contribution in [1.29, 1.82) is 0 Å². The van der Waals surface area contributed by atoms with E-state index >= 15 is 0 Å². The van der Waals surface area contributed by atoms with Gasteiger partial charge >= 0.3 is 0 Å². The first-order chi connectivity index (χ1) is 13.5. The van der Waals surface area contributed by atoms with E-state index in [4.69, 9.17) is 13.9 Å². The van der Waals surface area contributed by atoms with Crippen LogP contribution >= 0.6 is 11.8 Å². The van der Waals surface area contributed by atoms with Crippen LogP contribution in [-0.2, 0) is 11.8 Å². The first-order valence-electron chi connectivity index (χ1n) is 8.60. The van der Waals surface area contributed by atoms with Gasteiger partial charge in [-0.05, 0) is 37.3 Å². The van der Waals surface area contributed by atoms with E-state index in [9.17, 15) is 4.79 Å². The van der Waals surface area contributed by atoms with Crippen LogP contribution in [0, 0.1) is 0 Å². The highest BCUT2D eigenvalue weighted by Crippen LogP contribution is 2.29. The third-order valence-corrected chi connectivity index (χ3v) is 5.21. The van der Waals surface area contributed by atoms with Crippen molar-refractivity contribution in [3.63, 3.8) is 0 Å². The van der Waals surface area contributed by atoms with Crippen molar-refractivity contribution in [3.05, 3.63) is 42.2 Å². The lowest BCUT2D eigenvalue weighted by atomic mass is 10.1. The second-order valence-corrected chi connectivity index (χ2v) is 6.97. The number of nitrogens with one attached hydrogen (secondary N) is 1. The van der Waals surface area contributed by atoms with E-state index < -0.39 is 0 Å². The SMILES string of the molecule is COc1ccc(OC)c([C@@H](C)NC(=O)CSc2nnc(-c3ccco3)n2C)c1. The number of furan rings is 1. The van der Waals surface area contributed by atoms with E-state index in [-0.39, 0.29) is 17.7 Å². The van der Waals surface area contributed by atoms with E-state index in [1.165, 1.54) is 11.8 Å². The molecule has 3 aromatic rings. The molecule has 3 rings (SSSR count). The van der Waals surface area contributed by atoms with Crippen LogP contribution in [0.1, 0.15) is 18.5 Å². The van der Waals surface area contributed by atoms with Crippen LogP contribution in [0.4, 0.5) is 0 Å². The second-order valence-electron chi connectivity index (χ2n) is 6.03. The van der Waals surface area contributed by atoms with Crippen LogP contribution in [0.25, 0.3) is 11.6 Å². The molecule has 0 fully saturated rings. The molecular weight excluding hydrogens is 380 g/mol. The lowest BCUT2D eigenvalue weighted by Crippen LogP contribution is -2.28. The summed E-state index contributed by atoms with van der Waals surface area (Å²) in [5.74, 6) is 2.73. The Hall–Kier alpha value is -2.94. The molecule has 0 saturated heterocycles. The molecule has 148 valence electrons. The van der Waals surface area contributed by atoms with Crippen molar-refractivity contribution < 1.29 is 18.7 Å². The first kappa shape index (κ1) is 19.8. The minimum Gasteiger partial charge on any atom is -0.497 e. The maximum absolute atomic E-state index is 12.4. The molecule has 2 heterocycles. The predicted molar refractivity (Wildman–Crippen MR) is 106 cm³/mol. The Balaban J connectivity index is 1.62.